The van der Waals surface area contributed by atoms with Crippen molar-refractivity contribution in [3.8, 4) is 0 Å². The number of pyridine rings is 1. The van der Waals surface area contributed by atoms with E-state index in [2.05, 4.69) is 41.2 Å². The summed E-state index contributed by atoms with van der Waals surface area (Å²) in [5.41, 5.74) is 7.15. The van der Waals surface area contributed by atoms with Gasteiger partial charge in [0.25, 0.3) is 0 Å². The molecule has 1 aromatic heterocycles. The molecule has 2 heterocycles. The molecule has 0 amide bonds. The van der Waals surface area contributed by atoms with Crippen LogP contribution in [0.5, 0.6) is 0 Å². The Hall–Kier alpha value is -0.710. The number of rotatable bonds is 4. The topological polar surface area (TPSA) is 54.2 Å². The molecule has 0 radical (unpaired) electrons. The molecule has 0 spiro atoms. The molecule has 1 aliphatic rings. The van der Waals surface area contributed by atoms with Crippen LogP contribution in [0.3, 0.4) is 0 Å². The second-order valence-corrected chi connectivity index (χ2v) is 5.17. The molecule has 1 fully saturated rings. The van der Waals surface area contributed by atoms with E-state index < -0.39 is 0 Å². The lowest BCUT2D eigenvalue weighted by Gasteiger charge is -2.19. The molecular weight excluding hydrogens is 283 g/mol. The van der Waals surface area contributed by atoms with Gasteiger partial charge in [0, 0.05) is 43.6 Å². The summed E-state index contributed by atoms with van der Waals surface area (Å²) in [6, 6.07) is 4.48. The third-order valence-corrected chi connectivity index (χ3v) is 3.02. The van der Waals surface area contributed by atoms with E-state index in [1.54, 1.807) is 0 Å². The minimum Gasteiger partial charge on any atom is -0.370 e. The van der Waals surface area contributed by atoms with Gasteiger partial charge in [0.1, 0.15) is 5.82 Å². The van der Waals surface area contributed by atoms with Gasteiger partial charge in [-0.25, -0.2) is 4.98 Å². The average Bonchev–Trinajstić information content (AvgIpc) is 2.74. The second-order valence-electron chi connectivity index (χ2n) is 5.17. The smallest absolute Gasteiger partial charge is 0.127 e. The maximum absolute atomic E-state index is 5.93. The summed E-state index contributed by atoms with van der Waals surface area (Å²) < 4.78 is 0. The van der Waals surface area contributed by atoms with Gasteiger partial charge in [0.15, 0.2) is 0 Å². The molecule has 1 aromatic rings. The van der Waals surface area contributed by atoms with Crippen LogP contribution in [0.2, 0.25) is 0 Å². The fourth-order valence-electron chi connectivity index (χ4n) is 2.04. The van der Waals surface area contributed by atoms with Crippen LogP contribution in [0.1, 0.15) is 20.3 Å². The fraction of sp³-hybridized carbons (Fsp3) is 0.615. The van der Waals surface area contributed by atoms with Crippen molar-refractivity contribution < 1.29 is 0 Å². The Kier molecular flexibility index (Phi) is 8.14. The van der Waals surface area contributed by atoms with E-state index in [0.717, 1.165) is 31.9 Å². The molecule has 0 aromatic carbocycles. The van der Waals surface area contributed by atoms with Crippen molar-refractivity contribution in [2.45, 2.75) is 26.3 Å². The van der Waals surface area contributed by atoms with Crippen LogP contribution in [0.4, 0.5) is 11.5 Å². The lowest BCUT2D eigenvalue weighted by atomic mass is 10.2. The molecule has 6 heteroatoms. The molecule has 0 bridgehead atoms. The Bertz CT molecular complexity index is 373. The summed E-state index contributed by atoms with van der Waals surface area (Å²) in [4.78, 5) is 6.66. The monoisotopic (exact) mass is 306 g/mol. The minimum absolute atomic E-state index is 0. The first-order valence-electron chi connectivity index (χ1n) is 6.35. The van der Waals surface area contributed by atoms with E-state index in [-0.39, 0.29) is 24.8 Å². The van der Waals surface area contributed by atoms with E-state index in [1.165, 1.54) is 5.69 Å². The molecule has 1 atom stereocenters. The van der Waals surface area contributed by atoms with Crippen molar-refractivity contribution in [1.29, 1.82) is 0 Å². The zero-order valence-electron chi connectivity index (χ0n) is 11.5. The molecule has 19 heavy (non-hydrogen) atoms. The van der Waals surface area contributed by atoms with E-state index >= 15 is 0 Å². The van der Waals surface area contributed by atoms with Crippen molar-refractivity contribution in [2.24, 2.45) is 11.7 Å². The van der Waals surface area contributed by atoms with E-state index in [4.69, 9.17) is 5.73 Å². The largest absolute Gasteiger partial charge is 0.370 e. The van der Waals surface area contributed by atoms with Crippen LogP contribution in [-0.2, 0) is 0 Å². The first kappa shape index (κ1) is 18.3. The highest BCUT2D eigenvalue weighted by molar-refractivity contribution is 5.85. The fourth-order valence-corrected chi connectivity index (χ4v) is 2.04. The lowest BCUT2D eigenvalue weighted by Crippen LogP contribution is -2.26. The molecule has 3 N–H and O–H groups in total. The summed E-state index contributed by atoms with van der Waals surface area (Å²) >= 11 is 0. The molecule has 1 aliphatic heterocycles. The van der Waals surface area contributed by atoms with Gasteiger partial charge in [-0.15, -0.1) is 24.8 Å². The predicted octanol–water partition coefficient (Wildman–Crippen LogP) is 2.53. The number of nitrogens with one attached hydrogen (secondary N) is 1. The number of nitrogens with two attached hydrogens (primary N) is 1. The maximum Gasteiger partial charge on any atom is 0.127 e. The Morgan fingerprint density at radius 1 is 1.47 bits per heavy atom. The third-order valence-electron chi connectivity index (χ3n) is 3.02. The molecule has 110 valence electrons. The quantitative estimate of drug-likeness (QED) is 0.897. The van der Waals surface area contributed by atoms with E-state index in [9.17, 15) is 0 Å². The normalized spacial score (nSPS) is 17.9. The minimum atomic E-state index is 0. The molecule has 2 rings (SSSR count). The van der Waals surface area contributed by atoms with Gasteiger partial charge in [-0.2, -0.15) is 0 Å². The number of hydrogen-bond acceptors (Lipinski definition) is 4. The van der Waals surface area contributed by atoms with Gasteiger partial charge in [-0.3, -0.25) is 0 Å². The molecule has 0 aliphatic carbocycles. The summed E-state index contributed by atoms with van der Waals surface area (Å²) in [7, 11) is 0. The van der Waals surface area contributed by atoms with Gasteiger partial charge < -0.3 is 16.0 Å². The third kappa shape index (κ3) is 5.43. The molecule has 1 saturated heterocycles. The van der Waals surface area contributed by atoms with Crippen LogP contribution >= 0.6 is 24.8 Å². The molecule has 0 saturated carbocycles. The van der Waals surface area contributed by atoms with Gasteiger partial charge in [0.2, 0.25) is 0 Å². The zero-order chi connectivity index (χ0) is 12.3. The standard InChI is InChI=1S/C13H22N4.2ClH/c1-10(2)8-16-13-7-12(3-5-15-13)17-6-4-11(14)9-17;;/h3,5,7,10-11H,4,6,8-9,14H2,1-2H3,(H,15,16);2*1H/t11-;;/m1../s1. The summed E-state index contributed by atoms with van der Waals surface area (Å²) in [5.74, 6) is 1.58. The average molecular weight is 307 g/mol. The molecule has 0 unspecified atom stereocenters. The van der Waals surface area contributed by atoms with Crippen LogP contribution in [-0.4, -0.2) is 30.7 Å². The van der Waals surface area contributed by atoms with Crippen LogP contribution in [0.25, 0.3) is 0 Å². The van der Waals surface area contributed by atoms with E-state index in [1.807, 2.05) is 6.20 Å². The van der Waals surface area contributed by atoms with Crippen molar-refractivity contribution in [3.05, 3.63) is 18.3 Å². The first-order valence-corrected chi connectivity index (χ1v) is 6.35. The van der Waals surface area contributed by atoms with E-state index in [0.29, 0.717) is 12.0 Å². The highest BCUT2D eigenvalue weighted by Gasteiger charge is 2.19. The molecular formula is C13H24Cl2N4. The highest BCUT2D eigenvalue weighted by atomic mass is 35.5. The Morgan fingerprint density at radius 2 is 2.21 bits per heavy atom. The Morgan fingerprint density at radius 3 is 2.79 bits per heavy atom. The van der Waals surface area contributed by atoms with Gasteiger partial charge in [-0.1, -0.05) is 13.8 Å². The first-order chi connectivity index (χ1) is 8.15. The number of halogens is 2. The van der Waals surface area contributed by atoms with Crippen molar-refractivity contribution >= 4 is 36.3 Å². The summed E-state index contributed by atoms with van der Waals surface area (Å²) in [6.45, 7) is 7.34. The summed E-state index contributed by atoms with van der Waals surface area (Å²) in [5, 5.41) is 3.35. The van der Waals surface area contributed by atoms with Crippen molar-refractivity contribution in [2.75, 3.05) is 29.9 Å². The Labute approximate surface area is 128 Å². The predicted molar refractivity (Wildman–Crippen MR) is 86.9 cm³/mol. The van der Waals surface area contributed by atoms with Crippen LogP contribution in [0.15, 0.2) is 18.3 Å². The highest BCUT2D eigenvalue weighted by Crippen LogP contribution is 2.21. The number of nitrogens with zero attached hydrogens (tertiary/aromatic N) is 2. The second kappa shape index (κ2) is 8.46. The SMILES string of the molecule is CC(C)CNc1cc(N2CC[C@@H](N)C2)ccn1.Cl.Cl. The van der Waals surface area contributed by atoms with Crippen molar-refractivity contribution in [3.63, 3.8) is 0 Å². The van der Waals surface area contributed by atoms with Crippen molar-refractivity contribution in [1.82, 2.24) is 4.98 Å². The van der Waals surface area contributed by atoms with Gasteiger partial charge >= 0.3 is 0 Å². The number of hydrogen-bond donors (Lipinski definition) is 2. The zero-order valence-corrected chi connectivity index (χ0v) is 13.1. The van der Waals surface area contributed by atoms with Gasteiger partial charge in [0.05, 0.1) is 0 Å². The van der Waals surface area contributed by atoms with Crippen LogP contribution in [0, 0.1) is 5.92 Å². The maximum atomic E-state index is 5.93. The Balaban J connectivity index is 0.00000162. The van der Waals surface area contributed by atoms with Gasteiger partial charge in [-0.05, 0) is 18.4 Å². The summed E-state index contributed by atoms with van der Waals surface area (Å²) in [6.07, 6.45) is 2.94. The lowest BCUT2D eigenvalue weighted by molar-refractivity contribution is 0.687. The number of aromatic nitrogens is 1. The molecule has 4 nitrogen and oxygen atoms in total. The number of anilines is 2. The van der Waals surface area contributed by atoms with Crippen LogP contribution < -0.4 is 16.0 Å².